The van der Waals surface area contributed by atoms with Gasteiger partial charge in [0.1, 0.15) is 0 Å². The lowest BCUT2D eigenvalue weighted by molar-refractivity contribution is -0.119. The second-order valence-electron chi connectivity index (χ2n) is 6.61. The van der Waals surface area contributed by atoms with Crippen LogP contribution in [-0.2, 0) is 4.79 Å². The van der Waals surface area contributed by atoms with E-state index in [0.29, 0.717) is 16.9 Å². The van der Waals surface area contributed by atoms with Crippen LogP contribution in [0.3, 0.4) is 0 Å². The summed E-state index contributed by atoms with van der Waals surface area (Å²) in [5, 5.41) is 5.51. The molecule has 1 heterocycles. The normalized spacial score (nSPS) is 12.3. The number of carbonyl (C=O) groups excluding carboxylic acids is 2. The van der Waals surface area contributed by atoms with Gasteiger partial charge in [0.05, 0.1) is 17.9 Å². The lowest BCUT2D eigenvalue weighted by atomic mass is 9.87. The molecule has 2 aromatic rings. The maximum absolute atomic E-state index is 12.1. The molecule has 0 aliphatic heterocycles. The monoisotopic (exact) mass is 326 g/mol. The highest BCUT2D eigenvalue weighted by molar-refractivity contribution is 6.04. The summed E-state index contributed by atoms with van der Waals surface area (Å²) in [6.07, 6.45) is 3.20. The van der Waals surface area contributed by atoms with Crippen molar-refractivity contribution in [3.63, 3.8) is 0 Å². The minimum absolute atomic E-state index is 0.243. The molecule has 6 nitrogen and oxygen atoms in total. The van der Waals surface area contributed by atoms with Crippen LogP contribution in [0, 0.1) is 5.41 Å². The highest BCUT2D eigenvalue weighted by Crippen LogP contribution is 2.19. The van der Waals surface area contributed by atoms with E-state index in [1.54, 1.807) is 48.8 Å². The maximum atomic E-state index is 12.1. The van der Waals surface area contributed by atoms with E-state index in [9.17, 15) is 9.59 Å². The van der Waals surface area contributed by atoms with Crippen molar-refractivity contribution in [2.45, 2.75) is 26.8 Å². The molecule has 4 N–H and O–H groups in total. The molecule has 1 atom stereocenters. The molecule has 6 heteroatoms. The van der Waals surface area contributed by atoms with Crippen LogP contribution in [0.5, 0.6) is 0 Å². The fraction of sp³-hybridized carbons (Fsp3) is 0.278. The summed E-state index contributed by atoms with van der Waals surface area (Å²) in [5.41, 5.74) is 7.30. The van der Waals surface area contributed by atoms with Crippen LogP contribution in [0.1, 0.15) is 31.1 Å². The van der Waals surface area contributed by atoms with Gasteiger partial charge in [-0.1, -0.05) is 20.8 Å². The van der Waals surface area contributed by atoms with Crippen LogP contribution in [0.4, 0.5) is 11.4 Å². The van der Waals surface area contributed by atoms with Crippen LogP contribution in [-0.4, -0.2) is 22.8 Å². The van der Waals surface area contributed by atoms with Crippen molar-refractivity contribution >= 4 is 23.2 Å². The predicted octanol–water partition coefficient (Wildman–Crippen LogP) is 2.65. The predicted molar refractivity (Wildman–Crippen MR) is 94.7 cm³/mol. The van der Waals surface area contributed by atoms with Crippen LogP contribution < -0.4 is 16.4 Å². The lowest BCUT2D eigenvalue weighted by Crippen LogP contribution is -2.45. The van der Waals surface area contributed by atoms with Crippen molar-refractivity contribution in [3.05, 3.63) is 54.4 Å². The summed E-state index contributed by atoms with van der Waals surface area (Å²) in [4.78, 5) is 28.2. The number of aromatic nitrogens is 1. The van der Waals surface area contributed by atoms with Gasteiger partial charge in [0, 0.05) is 17.4 Å². The van der Waals surface area contributed by atoms with E-state index < -0.39 is 6.04 Å². The topological polar surface area (TPSA) is 97.1 Å². The van der Waals surface area contributed by atoms with Crippen LogP contribution >= 0.6 is 0 Å². The molecule has 2 rings (SSSR count). The second kappa shape index (κ2) is 7.23. The zero-order chi connectivity index (χ0) is 17.7. The number of nitrogens with one attached hydrogen (secondary N) is 2. The van der Waals surface area contributed by atoms with Gasteiger partial charge in [-0.3, -0.25) is 14.6 Å². The van der Waals surface area contributed by atoms with E-state index in [-0.39, 0.29) is 17.2 Å². The Morgan fingerprint density at radius 3 is 2.25 bits per heavy atom. The van der Waals surface area contributed by atoms with Crippen molar-refractivity contribution in [3.8, 4) is 0 Å². The zero-order valence-electron chi connectivity index (χ0n) is 14.0. The van der Waals surface area contributed by atoms with E-state index in [4.69, 9.17) is 5.73 Å². The molecule has 0 bridgehead atoms. The largest absolute Gasteiger partial charge is 0.325 e. The molecule has 0 spiro atoms. The van der Waals surface area contributed by atoms with Crippen molar-refractivity contribution in [2.75, 3.05) is 10.6 Å². The Hall–Kier alpha value is -2.73. The van der Waals surface area contributed by atoms with Gasteiger partial charge in [0.15, 0.2) is 0 Å². The fourth-order valence-electron chi connectivity index (χ4n) is 1.96. The summed E-state index contributed by atoms with van der Waals surface area (Å²) < 4.78 is 0. The Labute approximate surface area is 141 Å². The SMILES string of the molecule is CC(C)(C)[C@H](N)C(=O)Nc1ccc(C(=O)Nc2cccnc2)cc1. The first-order valence-electron chi connectivity index (χ1n) is 7.65. The first-order valence-corrected chi connectivity index (χ1v) is 7.65. The quantitative estimate of drug-likeness (QED) is 0.804. The molecule has 0 unspecified atom stereocenters. The van der Waals surface area contributed by atoms with Crippen molar-refractivity contribution in [1.82, 2.24) is 4.98 Å². The van der Waals surface area contributed by atoms with Crippen molar-refractivity contribution < 1.29 is 9.59 Å². The van der Waals surface area contributed by atoms with Gasteiger partial charge in [-0.05, 0) is 41.8 Å². The summed E-state index contributed by atoms with van der Waals surface area (Å²) >= 11 is 0. The number of benzene rings is 1. The molecule has 1 aromatic heterocycles. The van der Waals surface area contributed by atoms with Crippen LogP contribution in [0.2, 0.25) is 0 Å². The zero-order valence-corrected chi connectivity index (χ0v) is 14.0. The summed E-state index contributed by atoms with van der Waals surface area (Å²) in [7, 11) is 0. The van der Waals surface area contributed by atoms with E-state index in [1.807, 2.05) is 20.8 Å². The number of carbonyl (C=O) groups is 2. The van der Waals surface area contributed by atoms with Crippen molar-refractivity contribution in [1.29, 1.82) is 0 Å². The number of rotatable bonds is 4. The summed E-state index contributed by atoms with van der Waals surface area (Å²) in [6.45, 7) is 5.72. The molecular weight excluding hydrogens is 304 g/mol. The first-order chi connectivity index (χ1) is 11.3. The number of nitrogens with two attached hydrogens (primary N) is 1. The van der Waals surface area contributed by atoms with Gasteiger partial charge in [-0.15, -0.1) is 0 Å². The lowest BCUT2D eigenvalue weighted by Gasteiger charge is -2.25. The first kappa shape index (κ1) is 17.6. The van der Waals surface area contributed by atoms with Gasteiger partial charge in [0.2, 0.25) is 5.91 Å². The molecule has 1 aromatic carbocycles. The smallest absolute Gasteiger partial charge is 0.255 e. The minimum Gasteiger partial charge on any atom is -0.325 e. The molecule has 126 valence electrons. The third kappa shape index (κ3) is 4.63. The van der Waals surface area contributed by atoms with Gasteiger partial charge in [-0.25, -0.2) is 0 Å². The molecule has 2 amide bonds. The highest BCUT2D eigenvalue weighted by atomic mass is 16.2. The van der Waals surface area contributed by atoms with E-state index in [1.165, 1.54) is 0 Å². The van der Waals surface area contributed by atoms with Crippen LogP contribution in [0.15, 0.2) is 48.8 Å². The molecule has 0 aliphatic rings. The van der Waals surface area contributed by atoms with E-state index in [0.717, 1.165) is 0 Å². The Balaban J connectivity index is 2.00. The number of nitrogens with zero attached hydrogens (tertiary/aromatic N) is 1. The maximum Gasteiger partial charge on any atom is 0.255 e. The summed E-state index contributed by atoms with van der Waals surface area (Å²) in [5.74, 6) is -0.498. The molecule has 0 fully saturated rings. The molecule has 0 saturated carbocycles. The number of amides is 2. The number of hydrogen-bond acceptors (Lipinski definition) is 4. The fourth-order valence-corrected chi connectivity index (χ4v) is 1.96. The second-order valence-corrected chi connectivity index (χ2v) is 6.61. The van der Waals surface area contributed by atoms with E-state index >= 15 is 0 Å². The molecular formula is C18H22N4O2. The molecule has 0 aliphatic carbocycles. The average Bonchev–Trinajstić information content (AvgIpc) is 2.54. The summed E-state index contributed by atoms with van der Waals surface area (Å²) in [6, 6.07) is 9.51. The van der Waals surface area contributed by atoms with Gasteiger partial charge in [0.25, 0.3) is 5.91 Å². The molecule has 0 radical (unpaired) electrons. The standard InChI is InChI=1S/C18H22N4O2/c1-18(2,3)15(19)17(24)21-13-8-6-12(7-9-13)16(23)22-14-5-4-10-20-11-14/h4-11,15H,19H2,1-3H3,(H,21,24)(H,22,23)/t15-/m1/s1. The number of anilines is 2. The third-order valence-electron chi connectivity index (χ3n) is 3.55. The van der Waals surface area contributed by atoms with Gasteiger partial charge >= 0.3 is 0 Å². The van der Waals surface area contributed by atoms with Crippen LogP contribution in [0.25, 0.3) is 0 Å². The Bertz CT molecular complexity index is 706. The van der Waals surface area contributed by atoms with Gasteiger partial charge < -0.3 is 16.4 Å². The number of hydrogen-bond donors (Lipinski definition) is 3. The minimum atomic E-state index is -0.619. The van der Waals surface area contributed by atoms with Crippen molar-refractivity contribution in [2.24, 2.45) is 11.1 Å². The highest BCUT2D eigenvalue weighted by Gasteiger charge is 2.27. The van der Waals surface area contributed by atoms with Gasteiger partial charge in [-0.2, -0.15) is 0 Å². The molecule has 24 heavy (non-hydrogen) atoms. The Morgan fingerprint density at radius 2 is 1.71 bits per heavy atom. The Morgan fingerprint density at radius 1 is 1.04 bits per heavy atom. The molecule has 0 saturated heterocycles. The average molecular weight is 326 g/mol. The van der Waals surface area contributed by atoms with E-state index in [2.05, 4.69) is 15.6 Å². The third-order valence-corrected chi connectivity index (χ3v) is 3.55. The Kier molecular flexibility index (Phi) is 5.31. The number of pyridine rings is 1.